The van der Waals surface area contributed by atoms with Gasteiger partial charge in [0, 0.05) is 26.1 Å². The summed E-state index contributed by atoms with van der Waals surface area (Å²) in [6, 6.07) is 0.214. The van der Waals surface area contributed by atoms with Crippen LogP contribution in [0.1, 0.15) is 26.7 Å². The van der Waals surface area contributed by atoms with Crippen LogP contribution in [-0.4, -0.2) is 52.6 Å². The van der Waals surface area contributed by atoms with Crippen molar-refractivity contribution in [3.63, 3.8) is 0 Å². The number of carbonyl (C=O) groups is 2. The van der Waals surface area contributed by atoms with Crippen molar-refractivity contribution < 1.29 is 14.7 Å². The molecule has 0 bridgehead atoms. The van der Waals surface area contributed by atoms with Gasteiger partial charge in [0.1, 0.15) is 0 Å². The highest BCUT2D eigenvalue weighted by Crippen LogP contribution is 2.19. The summed E-state index contributed by atoms with van der Waals surface area (Å²) in [5, 5.41) is 8.58. The molecule has 1 atom stereocenters. The number of urea groups is 1. The summed E-state index contributed by atoms with van der Waals surface area (Å²) in [5.41, 5.74) is 0. The molecule has 1 N–H and O–H groups in total. The summed E-state index contributed by atoms with van der Waals surface area (Å²) in [6.45, 7) is 4.57. The van der Waals surface area contributed by atoms with E-state index in [1.54, 1.807) is 16.8 Å². The number of likely N-dealkylation sites (N-methyl/N-ethyl adjacent to an activating group) is 1. The number of carbonyl (C=O) groups excluding carboxylic acids is 1. The number of hydrogen-bond acceptors (Lipinski definition) is 2. The van der Waals surface area contributed by atoms with Crippen molar-refractivity contribution in [2.75, 3.05) is 13.6 Å². The van der Waals surface area contributed by atoms with E-state index in [1.807, 2.05) is 13.8 Å². The zero-order valence-corrected chi connectivity index (χ0v) is 9.43. The summed E-state index contributed by atoms with van der Waals surface area (Å²) in [7, 11) is 1.73. The molecule has 1 saturated heterocycles. The van der Waals surface area contributed by atoms with Crippen LogP contribution < -0.4 is 0 Å². The molecule has 0 spiro atoms. The summed E-state index contributed by atoms with van der Waals surface area (Å²) in [6.07, 6.45) is 0.648. The highest BCUT2D eigenvalue weighted by atomic mass is 16.4. The van der Waals surface area contributed by atoms with E-state index in [2.05, 4.69) is 0 Å². The van der Waals surface area contributed by atoms with Gasteiger partial charge in [-0.15, -0.1) is 0 Å². The normalized spacial score (nSPS) is 21.6. The van der Waals surface area contributed by atoms with Crippen LogP contribution in [0.2, 0.25) is 0 Å². The van der Waals surface area contributed by atoms with Crippen LogP contribution in [0.5, 0.6) is 0 Å². The molecular formula is C10H18N2O3. The fourth-order valence-corrected chi connectivity index (χ4v) is 1.79. The standard InChI is InChI=1S/C10H18N2O3/c1-7(2)12-6-8(4-5-9(13)14)11(3)10(12)15/h7-8H,4-6H2,1-3H3,(H,13,14). The maximum atomic E-state index is 11.7. The molecule has 1 heterocycles. The van der Waals surface area contributed by atoms with Gasteiger partial charge in [-0.3, -0.25) is 4.79 Å². The van der Waals surface area contributed by atoms with Crippen LogP contribution in [0.3, 0.4) is 0 Å². The second-order valence-electron chi connectivity index (χ2n) is 4.23. The molecule has 1 fully saturated rings. The van der Waals surface area contributed by atoms with Crippen molar-refractivity contribution in [3.05, 3.63) is 0 Å². The lowest BCUT2D eigenvalue weighted by Gasteiger charge is -2.19. The number of amides is 2. The lowest BCUT2D eigenvalue weighted by molar-refractivity contribution is -0.137. The number of aliphatic carboxylic acids is 1. The van der Waals surface area contributed by atoms with Crippen LogP contribution in [-0.2, 0) is 4.79 Å². The average Bonchev–Trinajstić information content (AvgIpc) is 2.41. The molecule has 0 aromatic carbocycles. The zero-order valence-electron chi connectivity index (χ0n) is 9.43. The van der Waals surface area contributed by atoms with Gasteiger partial charge in [0.15, 0.2) is 0 Å². The molecular weight excluding hydrogens is 196 g/mol. The minimum Gasteiger partial charge on any atom is -0.481 e. The smallest absolute Gasteiger partial charge is 0.320 e. The Kier molecular flexibility index (Phi) is 3.55. The summed E-state index contributed by atoms with van der Waals surface area (Å²) < 4.78 is 0. The Morgan fingerprint density at radius 3 is 2.60 bits per heavy atom. The molecule has 0 radical (unpaired) electrons. The minimum atomic E-state index is -0.807. The molecule has 1 aliphatic heterocycles. The topological polar surface area (TPSA) is 60.9 Å². The number of carboxylic acid groups (broad SMARTS) is 1. The summed E-state index contributed by atoms with van der Waals surface area (Å²) in [4.78, 5) is 25.6. The molecule has 86 valence electrons. The molecule has 1 rings (SSSR count). The third kappa shape index (κ3) is 2.61. The first-order valence-electron chi connectivity index (χ1n) is 5.18. The molecule has 0 aromatic heterocycles. The number of nitrogens with zero attached hydrogens (tertiary/aromatic N) is 2. The Hall–Kier alpha value is -1.26. The van der Waals surface area contributed by atoms with Gasteiger partial charge >= 0.3 is 12.0 Å². The van der Waals surface area contributed by atoms with Crippen LogP contribution in [0, 0.1) is 0 Å². The average molecular weight is 214 g/mol. The van der Waals surface area contributed by atoms with Gasteiger partial charge in [0.25, 0.3) is 0 Å². The monoisotopic (exact) mass is 214 g/mol. The van der Waals surface area contributed by atoms with E-state index in [4.69, 9.17) is 5.11 Å². The quantitative estimate of drug-likeness (QED) is 0.759. The third-order valence-corrected chi connectivity index (χ3v) is 2.82. The van der Waals surface area contributed by atoms with E-state index in [1.165, 1.54) is 0 Å². The van der Waals surface area contributed by atoms with Gasteiger partial charge in [-0.1, -0.05) is 0 Å². The Morgan fingerprint density at radius 2 is 2.20 bits per heavy atom. The lowest BCUT2D eigenvalue weighted by atomic mass is 10.1. The van der Waals surface area contributed by atoms with Crippen molar-refractivity contribution in [3.8, 4) is 0 Å². The van der Waals surface area contributed by atoms with E-state index >= 15 is 0 Å². The van der Waals surface area contributed by atoms with E-state index in [0.29, 0.717) is 13.0 Å². The van der Waals surface area contributed by atoms with Crippen molar-refractivity contribution in [2.45, 2.75) is 38.8 Å². The molecule has 1 aliphatic rings. The second kappa shape index (κ2) is 4.51. The Morgan fingerprint density at radius 1 is 1.60 bits per heavy atom. The molecule has 15 heavy (non-hydrogen) atoms. The van der Waals surface area contributed by atoms with Crippen molar-refractivity contribution in [1.82, 2.24) is 9.80 Å². The van der Waals surface area contributed by atoms with Crippen LogP contribution >= 0.6 is 0 Å². The summed E-state index contributed by atoms with van der Waals surface area (Å²) >= 11 is 0. The molecule has 2 amide bonds. The van der Waals surface area contributed by atoms with Crippen molar-refractivity contribution in [1.29, 1.82) is 0 Å². The SMILES string of the molecule is CC(C)N1CC(CCC(=O)O)N(C)C1=O. The molecule has 1 unspecified atom stereocenters. The molecule has 0 saturated carbocycles. The number of rotatable bonds is 4. The maximum absolute atomic E-state index is 11.7. The largest absolute Gasteiger partial charge is 0.481 e. The first kappa shape index (κ1) is 11.8. The molecule has 0 aliphatic carbocycles. The Bertz CT molecular complexity index is 265. The van der Waals surface area contributed by atoms with Crippen molar-refractivity contribution >= 4 is 12.0 Å². The van der Waals surface area contributed by atoms with Crippen LogP contribution in [0.15, 0.2) is 0 Å². The van der Waals surface area contributed by atoms with Gasteiger partial charge in [0.2, 0.25) is 0 Å². The van der Waals surface area contributed by atoms with Gasteiger partial charge in [-0.2, -0.15) is 0 Å². The van der Waals surface area contributed by atoms with E-state index < -0.39 is 5.97 Å². The fraction of sp³-hybridized carbons (Fsp3) is 0.800. The fourth-order valence-electron chi connectivity index (χ4n) is 1.79. The molecule has 0 aromatic rings. The molecule has 5 heteroatoms. The third-order valence-electron chi connectivity index (χ3n) is 2.82. The highest BCUT2D eigenvalue weighted by molar-refractivity contribution is 5.77. The predicted octanol–water partition coefficient (Wildman–Crippen LogP) is 0.996. The molecule has 5 nitrogen and oxygen atoms in total. The number of hydrogen-bond donors (Lipinski definition) is 1. The highest BCUT2D eigenvalue weighted by Gasteiger charge is 2.35. The van der Waals surface area contributed by atoms with Crippen molar-refractivity contribution in [2.24, 2.45) is 0 Å². The first-order chi connectivity index (χ1) is 6.93. The minimum absolute atomic E-state index is 0.000360. The Labute approximate surface area is 89.7 Å². The predicted molar refractivity (Wildman–Crippen MR) is 55.7 cm³/mol. The van der Waals surface area contributed by atoms with E-state index in [9.17, 15) is 9.59 Å². The van der Waals surface area contributed by atoms with Gasteiger partial charge in [-0.05, 0) is 20.3 Å². The lowest BCUT2D eigenvalue weighted by Crippen LogP contribution is -2.34. The van der Waals surface area contributed by atoms with E-state index in [0.717, 1.165) is 0 Å². The zero-order chi connectivity index (χ0) is 11.6. The first-order valence-corrected chi connectivity index (χ1v) is 5.18. The van der Waals surface area contributed by atoms with Gasteiger partial charge in [-0.25, -0.2) is 4.79 Å². The Balaban J connectivity index is 2.55. The van der Waals surface area contributed by atoms with E-state index in [-0.39, 0.29) is 24.5 Å². The van der Waals surface area contributed by atoms with Gasteiger partial charge < -0.3 is 14.9 Å². The van der Waals surface area contributed by atoms with Crippen LogP contribution in [0.4, 0.5) is 4.79 Å². The van der Waals surface area contributed by atoms with Crippen LogP contribution in [0.25, 0.3) is 0 Å². The maximum Gasteiger partial charge on any atom is 0.320 e. The van der Waals surface area contributed by atoms with Gasteiger partial charge in [0.05, 0.1) is 6.04 Å². The number of carboxylic acids is 1. The summed E-state index contributed by atoms with van der Waals surface area (Å²) in [5.74, 6) is -0.807. The second-order valence-corrected chi connectivity index (χ2v) is 4.23.